The van der Waals surface area contributed by atoms with E-state index < -0.39 is 10.0 Å². The van der Waals surface area contributed by atoms with Crippen molar-refractivity contribution in [2.24, 2.45) is 0 Å². The zero-order valence-electron chi connectivity index (χ0n) is 15.4. The highest BCUT2D eigenvalue weighted by Gasteiger charge is 2.31. The van der Waals surface area contributed by atoms with Gasteiger partial charge in [0.2, 0.25) is 10.0 Å². The van der Waals surface area contributed by atoms with Crippen LogP contribution in [-0.2, 0) is 16.6 Å². The summed E-state index contributed by atoms with van der Waals surface area (Å²) < 4.78 is 29.6. The van der Waals surface area contributed by atoms with Gasteiger partial charge in [-0.25, -0.2) is 13.4 Å². The van der Waals surface area contributed by atoms with Crippen LogP contribution in [0.1, 0.15) is 31.5 Å². The molecule has 6 nitrogen and oxygen atoms in total. The van der Waals surface area contributed by atoms with Crippen molar-refractivity contribution in [1.29, 1.82) is 0 Å². The number of hydrogen-bond acceptors (Lipinski definition) is 4. The second-order valence-corrected chi connectivity index (χ2v) is 8.89. The topological polar surface area (TPSA) is 81.2 Å². The summed E-state index contributed by atoms with van der Waals surface area (Å²) in [5.41, 5.74) is 8.38. The maximum Gasteiger partial charge on any atom is 0.243 e. The van der Waals surface area contributed by atoms with E-state index in [0.29, 0.717) is 23.7 Å². The molecule has 1 fully saturated rings. The third kappa shape index (κ3) is 3.21. The summed E-state index contributed by atoms with van der Waals surface area (Å²) in [6.07, 6.45) is 1.55. The van der Waals surface area contributed by atoms with E-state index in [0.717, 1.165) is 36.2 Å². The second kappa shape index (κ2) is 6.98. The van der Waals surface area contributed by atoms with Gasteiger partial charge in [0.15, 0.2) is 0 Å². The Hall–Kier alpha value is -2.38. The van der Waals surface area contributed by atoms with E-state index in [-0.39, 0.29) is 5.92 Å². The SMILES string of the molecule is CCn1c(C2CCN(S(=O)(=O)c3ccc(N)cc3)CC2)nc2ccccc21. The number of nitrogen functional groups attached to an aromatic ring is 1. The van der Waals surface area contributed by atoms with Gasteiger partial charge in [0.05, 0.1) is 15.9 Å². The number of aromatic nitrogens is 2. The fourth-order valence-electron chi connectivity index (χ4n) is 3.88. The predicted molar refractivity (Wildman–Crippen MR) is 107 cm³/mol. The van der Waals surface area contributed by atoms with E-state index >= 15 is 0 Å². The van der Waals surface area contributed by atoms with Gasteiger partial charge in [-0.1, -0.05) is 12.1 Å². The molecule has 0 bridgehead atoms. The number of imidazole rings is 1. The van der Waals surface area contributed by atoms with Crippen LogP contribution in [0.2, 0.25) is 0 Å². The van der Waals surface area contributed by atoms with Crippen LogP contribution in [0.3, 0.4) is 0 Å². The van der Waals surface area contributed by atoms with Crippen molar-refractivity contribution in [1.82, 2.24) is 13.9 Å². The molecule has 0 aliphatic carbocycles. The molecule has 142 valence electrons. The van der Waals surface area contributed by atoms with Gasteiger partial charge in [0, 0.05) is 31.2 Å². The molecule has 27 heavy (non-hydrogen) atoms. The fourth-order valence-corrected chi connectivity index (χ4v) is 5.35. The Bertz CT molecular complexity index is 1050. The molecule has 1 aromatic heterocycles. The van der Waals surface area contributed by atoms with Crippen molar-refractivity contribution in [3.8, 4) is 0 Å². The highest BCUT2D eigenvalue weighted by Crippen LogP contribution is 2.32. The molecule has 0 radical (unpaired) electrons. The third-order valence-electron chi connectivity index (χ3n) is 5.34. The molecule has 1 saturated heterocycles. The van der Waals surface area contributed by atoms with Crippen LogP contribution in [0, 0.1) is 0 Å². The minimum atomic E-state index is -3.47. The van der Waals surface area contributed by atoms with Crippen LogP contribution in [0.5, 0.6) is 0 Å². The lowest BCUT2D eigenvalue weighted by Gasteiger charge is -2.31. The minimum Gasteiger partial charge on any atom is -0.399 e. The Labute approximate surface area is 159 Å². The standard InChI is InChI=1S/C20H24N4O2S/c1-2-24-19-6-4-3-5-18(19)22-20(24)15-11-13-23(14-12-15)27(25,26)17-9-7-16(21)8-10-17/h3-10,15H,2,11-14,21H2,1H3. The lowest BCUT2D eigenvalue weighted by molar-refractivity contribution is 0.310. The zero-order chi connectivity index (χ0) is 19.0. The molecule has 2 heterocycles. The lowest BCUT2D eigenvalue weighted by atomic mass is 9.97. The Morgan fingerprint density at radius 2 is 1.74 bits per heavy atom. The second-order valence-electron chi connectivity index (χ2n) is 6.95. The van der Waals surface area contributed by atoms with E-state index in [1.807, 2.05) is 18.2 Å². The fraction of sp³-hybridized carbons (Fsp3) is 0.350. The van der Waals surface area contributed by atoms with E-state index in [9.17, 15) is 8.42 Å². The molecule has 1 aliphatic rings. The first-order chi connectivity index (χ1) is 13.0. The Balaban J connectivity index is 1.55. The number of rotatable bonds is 4. The van der Waals surface area contributed by atoms with Gasteiger partial charge in [-0.2, -0.15) is 4.31 Å². The Morgan fingerprint density at radius 1 is 1.07 bits per heavy atom. The smallest absolute Gasteiger partial charge is 0.243 e. The first kappa shape index (κ1) is 18.0. The molecule has 2 aromatic carbocycles. The average Bonchev–Trinajstić information content (AvgIpc) is 3.07. The Morgan fingerprint density at radius 3 is 2.41 bits per heavy atom. The monoisotopic (exact) mass is 384 g/mol. The van der Waals surface area contributed by atoms with Crippen molar-refractivity contribution in [3.05, 3.63) is 54.4 Å². The summed E-state index contributed by atoms with van der Waals surface area (Å²) in [6, 6.07) is 14.6. The van der Waals surface area contributed by atoms with Gasteiger partial charge in [-0.05, 0) is 56.2 Å². The van der Waals surface area contributed by atoms with Gasteiger partial charge in [-0.15, -0.1) is 0 Å². The third-order valence-corrected chi connectivity index (χ3v) is 7.25. The quantitative estimate of drug-likeness (QED) is 0.701. The summed E-state index contributed by atoms with van der Waals surface area (Å²) in [5.74, 6) is 1.35. The molecule has 7 heteroatoms. The van der Waals surface area contributed by atoms with E-state index in [2.05, 4.69) is 17.6 Å². The predicted octanol–water partition coefficient (Wildman–Crippen LogP) is 3.21. The van der Waals surface area contributed by atoms with Crippen LogP contribution in [0.15, 0.2) is 53.4 Å². The van der Waals surface area contributed by atoms with Gasteiger partial charge >= 0.3 is 0 Å². The summed E-state index contributed by atoms with van der Waals surface area (Å²) in [4.78, 5) is 5.15. The molecule has 0 atom stereocenters. The molecule has 4 rings (SSSR count). The van der Waals surface area contributed by atoms with E-state index in [1.165, 1.54) is 0 Å². The average molecular weight is 385 g/mol. The molecule has 0 spiro atoms. The molecule has 0 saturated carbocycles. The van der Waals surface area contributed by atoms with Gasteiger partial charge < -0.3 is 10.3 Å². The summed E-state index contributed by atoms with van der Waals surface area (Å²) in [6.45, 7) is 3.99. The van der Waals surface area contributed by atoms with Gasteiger partial charge in [-0.3, -0.25) is 0 Å². The van der Waals surface area contributed by atoms with E-state index in [4.69, 9.17) is 10.7 Å². The minimum absolute atomic E-state index is 0.273. The van der Waals surface area contributed by atoms with E-state index in [1.54, 1.807) is 28.6 Å². The number of nitrogens with zero attached hydrogens (tertiary/aromatic N) is 3. The first-order valence-electron chi connectivity index (χ1n) is 9.31. The van der Waals surface area contributed by atoms with Gasteiger partial charge in [0.25, 0.3) is 0 Å². The summed E-state index contributed by atoms with van der Waals surface area (Å²) >= 11 is 0. The molecule has 1 aliphatic heterocycles. The summed E-state index contributed by atoms with van der Waals surface area (Å²) in [7, 11) is -3.47. The van der Waals surface area contributed by atoms with Crippen molar-refractivity contribution >= 4 is 26.7 Å². The zero-order valence-corrected chi connectivity index (χ0v) is 16.2. The van der Waals surface area contributed by atoms with Crippen molar-refractivity contribution in [3.63, 3.8) is 0 Å². The number of aryl methyl sites for hydroxylation is 1. The first-order valence-corrected chi connectivity index (χ1v) is 10.8. The highest BCUT2D eigenvalue weighted by molar-refractivity contribution is 7.89. The molecule has 3 aromatic rings. The Kier molecular flexibility index (Phi) is 4.65. The van der Waals surface area contributed by atoms with Crippen molar-refractivity contribution < 1.29 is 8.42 Å². The highest BCUT2D eigenvalue weighted by atomic mass is 32.2. The molecule has 0 amide bonds. The number of sulfonamides is 1. The van der Waals surface area contributed by atoms with Crippen LogP contribution in [-0.4, -0.2) is 35.4 Å². The number of nitrogens with two attached hydrogens (primary N) is 1. The number of fused-ring (bicyclic) bond motifs is 1. The molecule has 0 unspecified atom stereocenters. The number of anilines is 1. The number of piperidine rings is 1. The lowest BCUT2D eigenvalue weighted by Crippen LogP contribution is -2.38. The van der Waals surface area contributed by atoms with Crippen molar-refractivity contribution in [2.45, 2.75) is 37.1 Å². The van der Waals surface area contributed by atoms with Crippen LogP contribution in [0.25, 0.3) is 11.0 Å². The molecule has 2 N–H and O–H groups in total. The number of para-hydroxylation sites is 2. The molecular weight excluding hydrogens is 360 g/mol. The van der Waals surface area contributed by atoms with Crippen molar-refractivity contribution in [2.75, 3.05) is 18.8 Å². The molecular formula is C20H24N4O2S. The largest absolute Gasteiger partial charge is 0.399 e. The van der Waals surface area contributed by atoms with Gasteiger partial charge in [0.1, 0.15) is 5.82 Å². The van der Waals surface area contributed by atoms with Crippen LogP contribution < -0.4 is 5.73 Å². The van der Waals surface area contributed by atoms with Crippen LogP contribution in [0.4, 0.5) is 5.69 Å². The normalized spacial score (nSPS) is 16.8. The van der Waals surface area contributed by atoms with Crippen LogP contribution >= 0.6 is 0 Å². The number of hydrogen-bond donors (Lipinski definition) is 1. The maximum absolute atomic E-state index is 12.9. The summed E-state index contributed by atoms with van der Waals surface area (Å²) in [5, 5.41) is 0. The maximum atomic E-state index is 12.9. The number of benzene rings is 2.